The normalized spacial score (nSPS) is 14.3. The zero-order chi connectivity index (χ0) is 24.8. The van der Waals surface area contributed by atoms with Gasteiger partial charge < -0.3 is 19.3 Å². The van der Waals surface area contributed by atoms with Crippen molar-refractivity contribution in [3.63, 3.8) is 0 Å². The molecule has 0 amide bonds. The van der Waals surface area contributed by atoms with Crippen molar-refractivity contribution >= 4 is 17.7 Å². The third-order valence-corrected chi connectivity index (χ3v) is 6.74. The van der Waals surface area contributed by atoms with Crippen molar-refractivity contribution in [2.24, 2.45) is 0 Å². The number of nitrogens with zero attached hydrogens (tertiary/aromatic N) is 1. The fourth-order valence-corrected chi connectivity index (χ4v) is 4.84. The molecule has 0 unspecified atom stereocenters. The van der Waals surface area contributed by atoms with Gasteiger partial charge in [0.2, 0.25) is 5.88 Å². The van der Waals surface area contributed by atoms with Crippen molar-refractivity contribution in [3.05, 3.63) is 70.9 Å². The average Bonchev–Trinajstić information content (AvgIpc) is 3.22. The first-order chi connectivity index (χ1) is 16.9. The summed E-state index contributed by atoms with van der Waals surface area (Å²) in [7, 11) is 0. The molecule has 0 spiro atoms. The minimum absolute atomic E-state index is 0.0334. The molecule has 184 valence electrons. The van der Waals surface area contributed by atoms with Crippen LogP contribution in [0.15, 0.2) is 48.7 Å². The Balaban J connectivity index is 1.43. The van der Waals surface area contributed by atoms with Gasteiger partial charge in [0.15, 0.2) is 0 Å². The van der Waals surface area contributed by atoms with Crippen molar-refractivity contribution in [2.45, 2.75) is 39.2 Å². The molecule has 2 aromatic carbocycles. The molecule has 1 aliphatic rings. The Labute approximate surface area is 210 Å². The van der Waals surface area contributed by atoms with Crippen LogP contribution in [0.5, 0.6) is 17.4 Å². The second-order valence-electron chi connectivity index (χ2n) is 8.78. The molecular weight excluding hydrogens is 462 g/mol. The molecule has 0 saturated carbocycles. The van der Waals surface area contributed by atoms with Crippen molar-refractivity contribution in [1.82, 2.24) is 4.98 Å². The van der Waals surface area contributed by atoms with Crippen molar-refractivity contribution in [3.8, 4) is 28.5 Å². The van der Waals surface area contributed by atoms with Gasteiger partial charge >= 0.3 is 5.97 Å². The summed E-state index contributed by atoms with van der Waals surface area (Å²) in [5.74, 6) is 2.12. The van der Waals surface area contributed by atoms with E-state index in [-0.39, 0.29) is 12.3 Å². The zero-order valence-electron chi connectivity index (χ0n) is 20.4. The second-order valence-corrected chi connectivity index (χ2v) is 9.77. The minimum Gasteiger partial charge on any atom is -0.494 e. The van der Waals surface area contributed by atoms with Gasteiger partial charge in [0.1, 0.15) is 18.1 Å². The van der Waals surface area contributed by atoms with Gasteiger partial charge in [-0.15, -0.1) is 0 Å². The van der Waals surface area contributed by atoms with Crippen LogP contribution < -0.4 is 14.2 Å². The first kappa shape index (κ1) is 24.9. The highest BCUT2D eigenvalue weighted by atomic mass is 32.2. The Morgan fingerprint density at radius 2 is 1.97 bits per heavy atom. The summed E-state index contributed by atoms with van der Waals surface area (Å²) in [5, 5.41) is 9.06. The van der Waals surface area contributed by atoms with Gasteiger partial charge in [0.05, 0.1) is 19.6 Å². The molecule has 1 atom stereocenters. The topological polar surface area (TPSA) is 77.9 Å². The van der Waals surface area contributed by atoms with E-state index in [4.69, 9.17) is 19.3 Å². The van der Waals surface area contributed by atoms with Gasteiger partial charge in [-0.2, -0.15) is 11.8 Å². The lowest BCUT2D eigenvalue weighted by molar-refractivity contribution is -0.137. The molecule has 7 heteroatoms. The molecule has 4 rings (SSSR count). The highest BCUT2D eigenvalue weighted by molar-refractivity contribution is 7.98. The number of pyridine rings is 1. The Bertz CT molecular complexity index is 1170. The first-order valence-electron chi connectivity index (χ1n) is 11.7. The third kappa shape index (κ3) is 6.28. The van der Waals surface area contributed by atoms with E-state index in [1.54, 1.807) is 12.3 Å². The van der Waals surface area contributed by atoms with Crippen molar-refractivity contribution in [1.29, 1.82) is 0 Å². The standard InChI is InChI=1S/C28H31NO5S/c1-18-10-23(32-8-5-9-35-3)11-19(2)28(18)21-7-4-6-20(12-21)16-34-26-14-25-24(15-29-26)22(17-33-25)13-27(30)31/h4,6-7,10-12,14-15,22H,5,8-9,13,16-17H2,1-3H3,(H,30,31)/t22-/m0/s1. The van der Waals surface area contributed by atoms with E-state index in [9.17, 15) is 4.79 Å². The Hall–Kier alpha value is -3.19. The third-order valence-electron chi connectivity index (χ3n) is 6.04. The van der Waals surface area contributed by atoms with Gasteiger partial charge in [-0.25, -0.2) is 4.98 Å². The maximum Gasteiger partial charge on any atom is 0.304 e. The van der Waals surface area contributed by atoms with Crippen LogP contribution in [0.25, 0.3) is 11.1 Å². The molecular formula is C28H31NO5S. The molecule has 35 heavy (non-hydrogen) atoms. The van der Waals surface area contributed by atoms with Crippen LogP contribution in [0.3, 0.4) is 0 Å². The summed E-state index contributed by atoms with van der Waals surface area (Å²) < 4.78 is 17.5. The summed E-state index contributed by atoms with van der Waals surface area (Å²) in [5.41, 5.74) is 6.55. The van der Waals surface area contributed by atoms with Crippen LogP contribution >= 0.6 is 11.8 Å². The quantitative estimate of drug-likeness (QED) is 0.327. The number of thioether (sulfide) groups is 1. The van der Waals surface area contributed by atoms with Gasteiger partial charge in [0.25, 0.3) is 0 Å². The lowest BCUT2D eigenvalue weighted by Gasteiger charge is -2.15. The summed E-state index contributed by atoms with van der Waals surface area (Å²) in [4.78, 5) is 15.4. The molecule has 1 aliphatic heterocycles. The fourth-order valence-electron chi connectivity index (χ4n) is 4.43. The average molecular weight is 494 g/mol. The van der Waals surface area contributed by atoms with Crippen LogP contribution in [0, 0.1) is 13.8 Å². The molecule has 0 aliphatic carbocycles. The van der Waals surface area contributed by atoms with E-state index >= 15 is 0 Å². The summed E-state index contributed by atoms with van der Waals surface area (Å²) >= 11 is 1.83. The summed E-state index contributed by atoms with van der Waals surface area (Å²) in [6, 6.07) is 14.3. The predicted octanol–water partition coefficient (Wildman–Crippen LogP) is 6.03. The molecule has 2 heterocycles. The number of rotatable bonds is 11. The highest BCUT2D eigenvalue weighted by Gasteiger charge is 2.27. The second kappa shape index (κ2) is 11.5. The van der Waals surface area contributed by atoms with Gasteiger partial charge in [-0.3, -0.25) is 4.79 Å². The van der Waals surface area contributed by atoms with E-state index in [1.807, 2.05) is 23.9 Å². The monoisotopic (exact) mass is 493 g/mol. The lowest BCUT2D eigenvalue weighted by atomic mass is 9.94. The van der Waals surface area contributed by atoms with E-state index in [0.29, 0.717) is 24.8 Å². The molecule has 3 aromatic rings. The van der Waals surface area contributed by atoms with Gasteiger partial charge in [-0.1, -0.05) is 18.2 Å². The van der Waals surface area contributed by atoms with Gasteiger partial charge in [-0.05, 0) is 78.3 Å². The van der Waals surface area contributed by atoms with Crippen LogP contribution in [0.1, 0.15) is 41.0 Å². The molecule has 0 saturated heterocycles. The van der Waals surface area contributed by atoms with Gasteiger partial charge in [0, 0.05) is 23.7 Å². The Morgan fingerprint density at radius 1 is 1.17 bits per heavy atom. The minimum atomic E-state index is -0.842. The van der Waals surface area contributed by atoms with Crippen LogP contribution in [-0.2, 0) is 11.4 Å². The number of carbonyl (C=O) groups is 1. The maximum absolute atomic E-state index is 11.0. The van der Waals surface area contributed by atoms with Crippen LogP contribution in [0.4, 0.5) is 0 Å². The Morgan fingerprint density at radius 3 is 2.71 bits per heavy atom. The summed E-state index contributed by atoms with van der Waals surface area (Å²) in [6.45, 7) is 5.69. The number of aryl methyl sites for hydroxylation is 2. The lowest BCUT2D eigenvalue weighted by Crippen LogP contribution is -2.07. The fraction of sp³-hybridized carbons (Fsp3) is 0.357. The van der Waals surface area contributed by atoms with Crippen LogP contribution in [-0.4, -0.2) is 41.3 Å². The largest absolute Gasteiger partial charge is 0.494 e. The van der Waals surface area contributed by atoms with Crippen LogP contribution in [0.2, 0.25) is 0 Å². The van der Waals surface area contributed by atoms with Crippen molar-refractivity contribution in [2.75, 3.05) is 25.2 Å². The number of benzene rings is 2. The van der Waals surface area contributed by atoms with E-state index in [0.717, 1.165) is 41.2 Å². The number of aromatic nitrogens is 1. The molecule has 0 bridgehead atoms. The number of aliphatic carboxylic acids is 1. The Kier molecular flexibility index (Phi) is 8.18. The number of carboxylic acids is 1. The van der Waals surface area contributed by atoms with E-state index in [1.165, 1.54) is 16.7 Å². The number of hydrogen-bond acceptors (Lipinski definition) is 6. The zero-order valence-corrected chi connectivity index (χ0v) is 21.2. The first-order valence-corrected chi connectivity index (χ1v) is 13.1. The molecule has 0 fully saturated rings. The number of fused-ring (bicyclic) bond motifs is 1. The maximum atomic E-state index is 11.0. The van der Waals surface area contributed by atoms with E-state index < -0.39 is 5.97 Å². The number of ether oxygens (including phenoxy) is 3. The summed E-state index contributed by atoms with van der Waals surface area (Å²) in [6.07, 6.45) is 4.85. The molecule has 6 nitrogen and oxygen atoms in total. The molecule has 0 radical (unpaired) electrons. The highest BCUT2D eigenvalue weighted by Crippen LogP contribution is 2.37. The SMILES string of the molecule is CSCCCOc1cc(C)c(-c2cccc(COc3cc4c(cn3)[C@@H](CC(=O)O)CO4)c2)c(C)c1. The number of hydrogen-bond donors (Lipinski definition) is 1. The predicted molar refractivity (Wildman–Crippen MR) is 139 cm³/mol. The molecule has 1 aromatic heterocycles. The number of carboxylic acid groups (broad SMARTS) is 1. The molecule has 1 N–H and O–H groups in total. The van der Waals surface area contributed by atoms with Crippen molar-refractivity contribution < 1.29 is 24.1 Å². The van der Waals surface area contributed by atoms with E-state index in [2.05, 4.69) is 49.4 Å². The smallest absolute Gasteiger partial charge is 0.304 e.